The number of aromatic nitrogens is 3. The third-order valence-electron chi connectivity index (χ3n) is 5.52. The molecule has 7 nitrogen and oxygen atoms in total. The van der Waals surface area contributed by atoms with Crippen molar-refractivity contribution in [2.45, 2.75) is 58.1 Å². The van der Waals surface area contributed by atoms with Gasteiger partial charge in [-0.3, -0.25) is 0 Å². The molecular formula is C19H24BN3O4. The number of hydrogen-bond acceptors (Lipinski definition) is 4. The van der Waals surface area contributed by atoms with E-state index in [1.54, 1.807) is 24.3 Å². The lowest BCUT2D eigenvalue weighted by Gasteiger charge is -2.39. The lowest BCUT2D eigenvalue weighted by atomic mass is 9.71. The van der Waals surface area contributed by atoms with Crippen LogP contribution < -0.4 is 11.4 Å². The molecule has 0 spiro atoms. The molecule has 1 aromatic carbocycles. The van der Waals surface area contributed by atoms with Gasteiger partial charge in [0.2, 0.25) is 0 Å². The highest BCUT2D eigenvalue weighted by molar-refractivity contribution is 6.43. The molecule has 8 heteroatoms. The average Bonchev–Trinajstić information content (AvgIpc) is 2.90. The zero-order chi connectivity index (χ0) is 19.1. The van der Waals surface area contributed by atoms with E-state index >= 15 is 0 Å². The number of nitrogens with zero attached hydrogens (tertiary/aromatic N) is 3. The molecule has 0 amide bonds. The van der Waals surface area contributed by atoms with Crippen LogP contribution in [0.5, 0.6) is 0 Å². The van der Waals surface area contributed by atoms with Gasteiger partial charge in [-0.25, -0.2) is 23.5 Å². The number of rotatable bonds is 4. The Balaban J connectivity index is 1.85. The Morgan fingerprint density at radius 1 is 1.22 bits per heavy atom. The third kappa shape index (κ3) is 2.93. The van der Waals surface area contributed by atoms with Crippen LogP contribution in [0.1, 0.15) is 39.2 Å². The lowest BCUT2D eigenvalue weighted by molar-refractivity contribution is 0.139. The van der Waals surface area contributed by atoms with Crippen molar-refractivity contribution in [3.63, 3.8) is 0 Å². The number of allylic oxidation sites excluding steroid dienone is 1. The van der Waals surface area contributed by atoms with Gasteiger partial charge in [0.15, 0.2) is 0 Å². The molecule has 3 heterocycles. The standard InChI is InChI=1S/C19H24BN3O4/c1-3-4-10-16-17-13(2)12-21-18(24)22(14-8-6-5-7-9-14)19(25)23(21)15(17)11-20(26)27-16/h5-9,15-16,26H,3-4,10-12H2,1-2H3/t15-,16+/m0/s1. The fourth-order valence-corrected chi connectivity index (χ4v) is 4.31. The molecule has 0 saturated carbocycles. The summed E-state index contributed by atoms with van der Waals surface area (Å²) in [6, 6.07) is 8.60. The largest absolute Gasteiger partial charge is 0.457 e. The van der Waals surface area contributed by atoms with E-state index in [1.807, 2.05) is 13.0 Å². The van der Waals surface area contributed by atoms with Crippen LogP contribution in [-0.4, -0.2) is 32.2 Å². The number of hydrogen-bond donors (Lipinski definition) is 1. The molecule has 0 unspecified atom stereocenters. The van der Waals surface area contributed by atoms with Crippen LogP contribution in [0.15, 0.2) is 51.1 Å². The van der Waals surface area contributed by atoms with Crippen molar-refractivity contribution in [3.8, 4) is 5.69 Å². The topological polar surface area (TPSA) is 78.4 Å². The van der Waals surface area contributed by atoms with Gasteiger partial charge in [-0.1, -0.05) is 38.0 Å². The highest BCUT2D eigenvalue weighted by atomic mass is 16.5. The highest BCUT2D eigenvalue weighted by Gasteiger charge is 2.42. The summed E-state index contributed by atoms with van der Waals surface area (Å²) in [5.41, 5.74) is 1.91. The molecule has 2 atom stereocenters. The van der Waals surface area contributed by atoms with Gasteiger partial charge in [-0.2, -0.15) is 0 Å². The van der Waals surface area contributed by atoms with E-state index < -0.39 is 7.12 Å². The number of para-hydroxylation sites is 1. The van der Waals surface area contributed by atoms with Crippen LogP contribution in [0.25, 0.3) is 5.69 Å². The molecule has 0 aliphatic carbocycles. The van der Waals surface area contributed by atoms with Gasteiger partial charge in [0.25, 0.3) is 0 Å². The number of unbranched alkanes of at least 4 members (excludes halogenated alkanes) is 1. The predicted octanol–water partition coefficient (Wildman–Crippen LogP) is 1.74. The third-order valence-corrected chi connectivity index (χ3v) is 5.52. The van der Waals surface area contributed by atoms with Crippen molar-refractivity contribution in [2.75, 3.05) is 0 Å². The van der Waals surface area contributed by atoms with E-state index in [2.05, 4.69) is 6.92 Å². The maximum atomic E-state index is 13.2. The van der Waals surface area contributed by atoms with Gasteiger partial charge in [0, 0.05) is 6.32 Å². The smallest absolute Gasteiger partial charge is 0.427 e. The molecule has 1 saturated heterocycles. The van der Waals surface area contributed by atoms with E-state index in [0.29, 0.717) is 12.2 Å². The van der Waals surface area contributed by atoms with Gasteiger partial charge in [-0.05, 0) is 36.6 Å². The first-order valence-electron chi connectivity index (χ1n) is 9.55. The summed E-state index contributed by atoms with van der Waals surface area (Å²) >= 11 is 0. The first-order valence-corrected chi connectivity index (χ1v) is 9.55. The second kappa shape index (κ2) is 7.01. The fraction of sp³-hybridized carbons (Fsp3) is 0.474. The van der Waals surface area contributed by atoms with Crippen LogP contribution in [-0.2, 0) is 11.2 Å². The molecular weight excluding hydrogens is 345 g/mol. The molecule has 4 rings (SSSR count). The molecule has 1 fully saturated rings. The summed E-state index contributed by atoms with van der Waals surface area (Å²) in [5, 5.41) is 10.3. The summed E-state index contributed by atoms with van der Waals surface area (Å²) in [7, 11) is -0.943. The van der Waals surface area contributed by atoms with E-state index in [-0.39, 0.29) is 29.8 Å². The zero-order valence-corrected chi connectivity index (χ0v) is 15.7. The summed E-state index contributed by atoms with van der Waals surface area (Å²) < 4.78 is 10.0. The van der Waals surface area contributed by atoms with Gasteiger partial charge in [-0.15, -0.1) is 0 Å². The Bertz CT molecular complexity index is 989. The van der Waals surface area contributed by atoms with Crippen molar-refractivity contribution in [1.82, 2.24) is 13.9 Å². The van der Waals surface area contributed by atoms with Gasteiger partial charge in [0.1, 0.15) is 0 Å². The number of fused-ring (bicyclic) bond motifs is 3. The predicted molar refractivity (Wildman–Crippen MR) is 103 cm³/mol. The van der Waals surface area contributed by atoms with Crippen molar-refractivity contribution in [1.29, 1.82) is 0 Å². The summed E-state index contributed by atoms with van der Waals surface area (Å²) in [6.07, 6.45) is 2.87. The molecule has 0 radical (unpaired) electrons. The monoisotopic (exact) mass is 369 g/mol. The Labute approximate surface area is 157 Å². The Morgan fingerprint density at radius 3 is 2.67 bits per heavy atom. The molecule has 2 aromatic rings. The van der Waals surface area contributed by atoms with Crippen LogP contribution >= 0.6 is 0 Å². The van der Waals surface area contributed by atoms with Crippen LogP contribution in [0.2, 0.25) is 6.32 Å². The van der Waals surface area contributed by atoms with Crippen LogP contribution in [0.4, 0.5) is 0 Å². The van der Waals surface area contributed by atoms with Gasteiger partial charge >= 0.3 is 18.5 Å². The molecule has 2 aliphatic heterocycles. The van der Waals surface area contributed by atoms with E-state index in [9.17, 15) is 14.6 Å². The van der Waals surface area contributed by atoms with Crippen molar-refractivity contribution in [2.24, 2.45) is 0 Å². The maximum absolute atomic E-state index is 13.2. The number of benzene rings is 1. The Hall–Kier alpha value is -2.32. The Kier molecular flexibility index (Phi) is 4.69. The van der Waals surface area contributed by atoms with Gasteiger partial charge in [0.05, 0.1) is 24.4 Å². The van der Waals surface area contributed by atoms with Crippen LogP contribution in [0, 0.1) is 0 Å². The lowest BCUT2D eigenvalue weighted by Crippen LogP contribution is -2.46. The molecule has 142 valence electrons. The minimum absolute atomic E-state index is 0.213. The SMILES string of the molecule is CCCC[C@H]1OB(O)C[C@H]2C1=C(C)Cn1c(=O)n(-c3ccccc3)c(=O)n12. The molecule has 2 aliphatic rings. The first kappa shape index (κ1) is 18.1. The quantitative estimate of drug-likeness (QED) is 0.658. The Morgan fingerprint density at radius 2 is 1.96 bits per heavy atom. The van der Waals surface area contributed by atoms with Gasteiger partial charge < -0.3 is 9.68 Å². The second-order valence-corrected chi connectivity index (χ2v) is 7.35. The molecule has 27 heavy (non-hydrogen) atoms. The zero-order valence-electron chi connectivity index (χ0n) is 15.7. The summed E-state index contributed by atoms with van der Waals surface area (Å²) in [6.45, 7) is 4.46. The van der Waals surface area contributed by atoms with Crippen LogP contribution in [0.3, 0.4) is 0 Å². The minimum atomic E-state index is -0.943. The average molecular weight is 369 g/mol. The maximum Gasteiger partial charge on any atom is 0.457 e. The molecule has 1 N–H and O–H groups in total. The van der Waals surface area contributed by atoms with E-state index in [4.69, 9.17) is 4.65 Å². The first-order chi connectivity index (χ1) is 13.0. The molecule has 0 bridgehead atoms. The minimum Gasteiger partial charge on any atom is -0.427 e. The summed E-state index contributed by atoms with van der Waals surface area (Å²) in [4.78, 5) is 26.2. The second-order valence-electron chi connectivity index (χ2n) is 7.35. The highest BCUT2D eigenvalue weighted by Crippen LogP contribution is 2.38. The van der Waals surface area contributed by atoms with Crippen molar-refractivity contribution in [3.05, 3.63) is 62.4 Å². The fourth-order valence-electron chi connectivity index (χ4n) is 4.31. The van der Waals surface area contributed by atoms with Crippen molar-refractivity contribution < 1.29 is 9.68 Å². The van der Waals surface area contributed by atoms with E-state index in [1.165, 1.54) is 13.9 Å². The van der Waals surface area contributed by atoms with Crippen molar-refractivity contribution >= 4 is 7.12 Å². The molecule has 1 aromatic heterocycles. The normalized spacial score (nSPS) is 22.0. The summed E-state index contributed by atoms with van der Waals surface area (Å²) in [5.74, 6) is 0. The van der Waals surface area contributed by atoms with E-state index in [0.717, 1.165) is 30.4 Å².